The van der Waals surface area contributed by atoms with Crippen LogP contribution < -0.4 is 5.32 Å². The number of methoxy groups -OCH3 is 1. The van der Waals surface area contributed by atoms with Crippen LogP contribution in [0.15, 0.2) is 10.6 Å². The van der Waals surface area contributed by atoms with Gasteiger partial charge in [-0.25, -0.2) is 0 Å². The molecule has 0 atom stereocenters. The molecule has 1 heterocycles. The molecule has 1 aliphatic carbocycles. The number of nitrogens with zero attached hydrogens (tertiary/aromatic N) is 1. The average Bonchev–Trinajstić information content (AvgIpc) is 3.04. The van der Waals surface area contributed by atoms with Gasteiger partial charge in [0.05, 0.1) is 23.2 Å². The van der Waals surface area contributed by atoms with Crippen LogP contribution in [0, 0.1) is 0 Å². The van der Waals surface area contributed by atoms with Crippen molar-refractivity contribution in [3.8, 4) is 0 Å². The molecule has 7 heteroatoms. The van der Waals surface area contributed by atoms with Gasteiger partial charge in [-0.05, 0) is 39.5 Å². The number of anilines is 1. The largest absolute Gasteiger partial charge is 0.395 e. The molecule has 1 amide bonds. The Hall–Kier alpha value is -1.05. The van der Waals surface area contributed by atoms with Crippen LogP contribution in [0.4, 0.5) is 5.88 Å². The summed E-state index contributed by atoms with van der Waals surface area (Å²) in [4.78, 5) is 12.7. The van der Waals surface area contributed by atoms with Gasteiger partial charge in [-0.2, -0.15) is 0 Å². The van der Waals surface area contributed by atoms with Crippen LogP contribution in [0.5, 0.6) is 0 Å². The summed E-state index contributed by atoms with van der Waals surface area (Å²) in [5.74, 6) is 0.217. The smallest absolute Gasteiger partial charge is 0.242 e. The first-order valence-corrected chi connectivity index (χ1v) is 9.66. The summed E-state index contributed by atoms with van der Waals surface area (Å²) in [7, 11) is 1.76. The Bertz CT molecular complexity index is 577. The maximum Gasteiger partial charge on any atom is 0.242 e. The first kappa shape index (κ1) is 20.3. The number of rotatable bonds is 7. The highest BCUT2D eigenvalue weighted by molar-refractivity contribution is 8.02. The third-order valence-electron chi connectivity index (χ3n) is 4.80. The first-order chi connectivity index (χ1) is 11.7. The number of thioether (sulfide) groups is 1. The van der Waals surface area contributed by atoms with Crippen molar-refractivity contribution in [1.82, 2.24) is 5.16 Å². The Kier molecular flexibility index (Phi) is 6.56. The van der Waals surface area contributed by atoms with Gasteiger partial charge in [-0.1, -0.05) is 19.0 Å². The molecule has 0 aromatic carbocycles. The van der Waals surface area contributed by atoms with E-state index in [4.69, 9.17) is 9.26 Å². The minimum Gasteiger partial charge on any atom is -0.395 e. The molecule has 1 fully saturated rings. The lowest BCUT2D eigenvalue weighted by atomic mass is 9.91. The molecular weight excluding hydrogens is 340 g/mol. The number of aliphatic hydroxyl groups excluding tert-OH is 1. The van der Waals surface area contributed by atoms with Gasteiger partial charge in [0.2, 0.25) is 11.8 Å². The van der Waals surface area contributed by atoms with E-state index < -0.39 is 10.2 Å². The minimum absolute atomic E-state index is 0.0432. The lowest BCUT2D eigenvalue weighted by Gasteiger charge is -2.32. The van der Waals surface area contributed by atoms with E-state index in [9.17, 15) is 9.90 Å². The molecule has 1 aliphatic rings. The number of amides is 1. The molecule has 1 saturated carbocycles. The minimum atomic E-state index is -0.565. The number of hydrogen-bond acceptors (Lipinski definition) is 6. The zero-order chi connectivity index (χ0) is 18.7. The third-order valence-corrected chi connectivity index (χ3v) is 6.38. The van der Waals surface area contributed by atoms with Gasteiger partial charge in [0.15, 0.2) is 0 Å². The van der Waals surface area contributed by atoms with E-state index >= 15 is 0 Å². The molecule has 0 saturated heterocycles. The molecule has 2 N–H and O–H groups in total. The number of aromatic nitrogens is 1. The number of aliphatic hydroxyl groups is 1. The summed E-state index contributed by atoms with van der Waals surface area (Å²) >= 11 is 1.71. The first-order valence-electron chi connectivity index (χ1n) is 8.78. The molecule has 2 rings (SSSR count). The lowest BCUT2D eigenvalue weighted by Crippen LogP contribution is -2.37. The number of hydrogen-bond donors (Lipinski definition) is 2. The second-order valence-electron chi connectivity index (χ2n) is 7.84. The fourth-order valence-corrected chi connectivity index (χ4v) is 4.35. The summed E-state index contributed by atoms with van der Waals surface area (Å²) in [6.45, 7) is 7.56. The van der Waals surface area contributed by atoms with Crippen LogP contribution in [0.25, 0.3) is 0 Å². The highest BCUT2D eigenvalue weighted by Crippen LogP contribution is 2.38. The Morgan fingerprint density at radius 1 is 1.36 bits per heavy atom. The molecular formula is C18H30N2O4S. The van der Waals surface area contributed by atoms with Gasteiger partial charge in [-0.15, -0.1) is 11.8 Å². The normalized spacial score (nSPS) is 22.0. The van der Waals surface area contributed by atoms with Crippen LogP contribution in [-0.2, 0) is 14.9 Å². The standard InChI is InChI=1S/C18H30N2O4S/c1-17(2,11-21)14-10-15(24-20-14)19-16(22)18(3,4)25-13-8-6-12(23-5)7-9-13/h10,12-13,21H,6-9,11H2,1-5H3,(H,19,22)/t12-,13+. The van der Waals surface area contributed by atoms with E-state index in [2.05, 4.69) is 10.5 Å². The summed E-state index contributed by atoms with van der Waals surface area (Å²) < 4.78 is 10.1. The van der Waals surface area contributed by atoms with Crippen LogP contribution in [0.3, 0.4) is 0 Å². The summed E-state index contributed by atoms with van der Waals surface area (Å²) in [5, 5.41) is 16.6. The molecule has 0 bridgehead atoms. The van der Waals surface area contributed by atoms with Crippen molar-refractivity contribution < 1.29 is 19.2 Å². The van der Waals surface area contributed by atoms with E-state index in [1.807, 2.05) is 27.7 Å². The molecule has 0 radical (unpaired) electrons. The van der Waals surface area contributed by atoms with Crippen LogP contribution in [0.2, 0.25) is 0 Å². The Balaban J connectivity index is 1.93. The number of carbonyl (C=O) groups excluding carboxylic acids is 1. The highest BCUT2D eigenvalue weighted by atomic mass is 32.2. The molecule has 0 spiro atoms. The zero-order valence-electron chi connectivity index (χ0n) is 15.8. The Morgan fingerprint density at radius 2 is 2.00 bits per heavy atom. The van der Waals surface area contributed by atoms with E-state index in [-0.39, 0.29) is 12.5 Å². The Labute approximate surface area is 154 Å². The van der Waals surface area contributed by atoms with Crippen molar-refractivity contribution in [2.24, 2.45) is 0 Å². The Morgan fingerprint density at radius 3 is 2.56 bits per heavy atom. The van der Waals surface area contributed by atoms with Crippen molar-refractivity contribution in [3.05, 3.63) is 11.8 Å². The molecule has 0 unspecified atom stereocenters. The van der Waals surface area contributed by atoms with E-state index in [0.29, 0.717) is 22.9 Å². The van der Waals surface area contributed by atoms with Crippen molar-refractivity contribution in [2.75, 3.05) is 19.0 Å². The molecule has 6 nitrogen and oxygen atoms in total. The fraction of sp³-hybridized carbons (Fsp3) is 0.778. The van der Waals surface area contributed by atoms with Gasteiger partial charge in [0, 0.05) is 23.8 Å². The van der Waals surface area contributed by atoms with Crippen molar-refractivity contribution in [1.29, 1.82) is 0 Å². The highest BCUT2D eigenvalue weighted by Gasteiger charge is 2.34. The topological polar surface area (TPSA) is 84.6 Å². The maximum absolute atomic E-state index is 12.7. The predicted octanol–water partition coefficient (Wildman–Crippen LogP) is 3.35. The maximum atomic E-state index is 12.7. The number of nitrogens with one attached hydrogen (secondary N) is 1. The van der Waals surface area contributed by atoms with Crippen LogP contribution >= 0.6 is 11.8 Å². The summed E-state index contributed by atoms with van der Waals surface area (Å²) in [5.41, 5.74) is 0.116. The van der Waals surface area contributed by atoms with E-state index in [1.165, 1.54) is 0 Å². The second kappa shape index (κ2) is 8.10. The van der Waals surface area contributed by atoms with Crippen LogP contribution in [-0.4, -0.2) is 46.0 Å². The predicted molar refractivity (Wildman–Crippen MR) is 100.0 cm³/mol. The fourth-order valence-electron chi connectivity index (χ4n) is 2.85. The van der Waals surface area contributed by atoms with E-state index in [1.54, 1.807) is 24.9 Å². The number of ether oxygens (including phenoxy) is 1. The zero-order valence-corrected chi connectivity index (χ0v) is 16.6. The van der Waals surface area contributed by atoms with Gasteiger partial charge < -0.3 is 14.4 Å². The van der Waals surface area contributed by atoms with Gasteiger partial charge >= 0.3 is 0 Å². The third kappa shape index (κ3) is 5.21. The van der Waals surface area contributed by atoms with Crippen molar-refractivity contribution >= 4 is 23.6 Å². The molecule has 25 heavy (non-hydrogen) atoms. The molecule has 142 valence electrons. The molecule has 0 aliphatic heterocycles. The van der Waals surface area contributed by atoms with Crippen LogP contribution in [0.1, 0.15) is 59.1 Å². The van der Waals surface area contributed by atoms with Crippen molar-refractivity contribution in [3.63, 3.8) is 0 Å². The number of carbonyl (C=O) groups is 1. The molecule has 1 aromatic rings. The average molecular weight is 371 g/mol. The molecule has 1 aromatic heterocycles. The second-order valence-corrected chi connectivity index (χ2v) is 9.76. The summed E-state index contributed by atoms with van der Waals surface area (Å²) in [6.07, 6.45) is 4.59. The van der Waals surface area contributed by atoms with Crippen molar-refractivity contribution in [2.45, 2.75) is 74.9 Å². The van der Waals surface area contributed by atoms with Gasteiger partial charge in [-0.3, -0.25) is 10.1 Å². The SMILES string of the molecule is CO[C@H]1CC[C@@H](SC(C)(C)C(=O)Nc2cc(C(C)(C)CO)no2)CC1. The van der Waals surface area contributed by atoms with E-state index in [0.717, 1.165) is 25.7 Å². The summed E-state index contributed by atoms with van der Waals surface area (Å²) in [6, 6.07) is 1.68. The quantitative estimate of drug-likeness (QED) is 0.766. The lowest BCUT2D eigenvalue weighted by molar-refractivity contribution is -0.117. The van der Waals surface area contributed by atoms with Gasteiger partial charge in [0.1, 0.15) is 0 Å². The van der Waals surface area contributed by atoms with Gasteiger partial charge in [0.25, 0.3) is 0 Å². The monoisotopic (exact) mass is 370 g/mol.